The van der Waals surface area contributed by atoms with Crippen LogP contribution in [0.25, 0.3) is 22.2 Å². The van der Waals surface area contributed by atoms with Crippen molar-refractivity contribution in [1.82, 2.24) is 10.3 Å². The highest BCUT2D eigenvalue weighted by molar-refractivity contribution is 6.39. The first kappa shape index (κ1) is 22.8. The summed E-state index contributed by atoms with van der Waals surface area (Å²) in [6.45, 7) is 1.00. The fourth-order valence-corrected chi connectivity index (χ4v) is 5.28. The van der Waals surface area contributed by atoms with Gasteiger partial charge in [-0.1, -0.05) is 41.4 Å². The number of hydrogen-bond donors (Lipinski definition) is 2. The van der Waals surface area contributed by atoms with Gasteiger partial charge in [0.2, 0.25) is 0 Å². The van der Waals surface area contributed by atoms with E-state index >= 15 is 0 Å². The molecule has 2 heterocycles. The molecule has 0 amide bonds. The van der Waals surface area contributed by atoms with Crippen LogP contribution in [-0.2, 0) is 20.7 Å². The number of ether oxygens (including phenoxy) is 1. The number of carboxylic acids is 1. The Bertz CT molecular complexity index is 1310. The lowest BCUT2D eigenvalue weighted by Gasteiger charge is -2.44. The number of carboxylic acid groups (broad SMARTS) is 1. The molecular formula is C26H22Cl2N2O4. The van der Waals surface area contributed by atoms with E-state index in [0.29, 0.717) is 53.1 Å². The van der Waals surface area contributed by atoms with Crippen LogP contribution in [0.3, 0.4) is 0 Å². The summed E-state index contributed by atoms with van der Waals surface area (Å²) in [5.41, 5.74) is 3.05. The van der Waals surface area contributed by atoms with Gasteiger partial charge in [-0.3, -0.25) is 4.79 Å². The minimum atomic E-state index is -0.968. The van der Waals surface area contributed by atoms with Crippen molar-refractivity contribution in [1.29, 1.82) is 0 Å². The molecule has 2 N–H and O–H groups in total. The van der Waals surface area contributed by atoms with Gasteiger partial charge in [-0.2, -0.15) is 0 Å². The van der Waals surface area contributed by atoms with Crippen LogP contribution in [0, 0.1) is 5.41 Å². The predicted molar refractivity (Wildman–Crippen MR) is 131 cm³/mol. The van der Waals surface area contributed by atoms with E-state index in [4.69, 9.17) is 32.9 Å². The maximum Gasteiger partial charge on any atom is 0.326 e. The van der Waals surface area contributed by atoms with Gasteiger partial charge in [-0.15, -0.1) is 0 Å². The van der Waals surface area contributed by atoms with E-state index in [1.54, 1.807) is 18.2 Å². The first-order valence-corrected chi connectivity index (χ1v) is 11.8. The quantitative estimate of drug-likeness (QED) is 0.495. The Morgan fingerprint density at radius 1 is 1.12 bits per heavy atom. The van der Waals surface area contributed by atoms with Crippen molar-refractivity contribution in [2.75, 3.05) is 13.2 Å². The molecule has 34 heavy (non-hydrogen) atoms. The van der Waals surface area contributed by atoms with Crippen molar-refractivity contribution < 1.29 is 19.4 Å². The standard InChI is InChI=1S/C26H22Cl2N2O4/c27-17-2-1-3-18(28)24(17)20-7-5-16-12-15(4-6-19(16)29-20)13-21(25(32)33)30-22-14-23(31)26(22)8-10-34-11-9-26/h1-7,12,14,21,30H,8-11,13H2,(H,32,33)/t21-/m0/s1. The van der Waals surface area contributed by atoms with E-state index < -0.39 is 17.4 Å². The molecule has 1 atom stereocenters. The number of aliphatic carboxylic acids is 1. The average Bonchev–Trinajstić information content (AvgIpc) is 2.83. The third-order valence-electron chi connectivity index (χ3n) is 6.65. The van der Waals surface area contributed by atoms with Gasteiger partial charge in [0.05, 0.1) is 26.7 Å². The largest absolute Gasteiger partial charge is 0.480 e. The molecule has 2 aliphatic rings. The molecule has 8 heteroatoms. The Morgan fingerprint density at radius 3 is 2.53 bits per heavy atom. The molecule has 1 fully saturated rings. The van der Waals surface area contributed by atoms with Crippen LogP contribution in [0.1, 0.15) is 18.4 Å². The minimum absolute atomic E-state index is 0.0497. The monoisotopic (exact) mass is 496 g/mol. The number of aromatic nitrogens is 1. The fourth-order valence-electron chi connectivity index (χ4n) is 4.69. The van der Waals surface area contributed by atoms with Crippen molar-refractivity contribution in [2.45, 2.75) is 25.3 Å². The molecule has 0 radical (unpaired) electrons. The van der Waals surface area contributed by atoms with Crippen LogP contribution in [0.5, 0.6) is 0 Å². The van der Waals surface area contributed by atoms with Crippen LogP contribution in [-0.4, -0.2) is 41.1 Å². The maximum atomic E-state index is 12.3. The maximum absolute atomic E-state index is 12.3. The van der Waals surface area contributed by atoms with E-state index in [2.05, 4.69) is 5.32 Å². The van der Waals surface area contributed by atoms with E-state index in [9.17, 15) is 14.7 Å². The van der Waals surface area contributed by atoms with Crippen LogP contribution >= 0.6 is 23.2 Å². The summed E-state index contributed by atoms with van der Waals surface area (Å²) < 4.78 is 5.39. The zero-order valence-corrected chi connectivity index (χ0v) is 19.7. The summed E-state index contributed by atoms with van der Waals surface area (Å²) in [5, 5.41) is 14.9. The number of allylic oxidation sites excluding steroid dienone is 2. The number of nitrogens with zero attached hydrogens (tertiary/aromatic N) is 1. The van der Waals surface area contributed by atoms with Gasteiger partial charge < -0.3 is 15.2 Å². The molecule has 6 nitrogen and oxygen atoms in total. The highest BCUT2D eigenvalue weighted by Gasteiger charge is 2.49. The van der Waals surface area contributed by atoms with Gasteiger partial charge >= 0.3 is 5.97 Å². The molecule has 1 aromatic heterocycles. The number of halogens is 2. The molecule has 0 saturated carbocycles. The third kappa shape index (κ3) is 4.06. The average molecular weight is 497 g/mol. The van der Waals surface area contributed by atoms with Gasteiger partial charge in [-0.25, -0.2) is 9.78 Å². The molecular weight excluding hydrogens is 475 g/mol. The lowest BCUT2D eigenvalue weighted by Crippen LogP contribution is -2.53. The van der Waals surface area contributed by atoms with E-state index in [1.807, 2.05) is 30.3 Å². The van der Waals surface area contributed by atoms with Crippen molar-refractivity contribution >= 4 is 45.9 Å². The zero-order valence-electron chi connectivity index (χ0n) is 18.2. The van der Waals surface area contributed by atoms with Gasteiger partial charge in [0, 0.05) is 42.4 Å². The second kappa shape index (κ2) is 9.02. The minimum Gasteiger partial charge on any atom is -0.480 e. The van der Waals surface area contributed by atoms with Crippen LogP contribution in [0.4, 0.5) is 0 Å². The Labute approximate surface area is 206 Å². The van der Waals surface area contributed by atoms with Crippen molar-refractivity contribution in [2.24, 2.45) is 5.41 Å². The highest BCUT2D eigenvalue weighted by atomic mass is 35.5. The summed E-state index contributed by atoms with van der Waals surface area (Å²) in [7, 11) is 0. The summed E-state index contributed by atoms with van der Waals surface area (Å²) >= 11 is 12.7. The van der Waals surface area contributed by atoms with Gasteiger partial charge in [0.15, 0.2) is 5.78 Å². The van der Waals surface area contributed by atoms with E-state index in [0.717, 1.165) is 16.5 Å². The molecule has 0 unspecified atom stereocenters. The molecule has 1 aliphatic carbocycles. The van der Waals surface area contributed by atoms with Crippen LogP contribution in [0.15, 0.2) is 60.3 Å². The number of nitrogens with one attached hydrogen (secondary N) is 1. The van der Waals surface area contributed by atoms with Gasteiger partial charge in [0.1, 0.15) is 6.04 Å². The highest BCUT2D eigenvalue weighted by Crippen LogP contribution is 2.45. The van der Waals surface area contributed by atoms with Crippen molar-refractivity contribution in [3.63, 3.8) is 0 Å². The second-order valence-electron chi connectivity index (χ2n) is 8.68. The summed E-state index contributed by atoms with van der Waals surface area (Å²) in [6.07, 6.45) is 2.95. The van der Waals surface area contributed by atoms with E-state index in [-0.39, 0.29) is 12.2 Å². The van der Waals surface area contributed by atoms with Crippen molar-refractivity contribution in [3.05, 3.63) is 75.9 Å². The topological polar surface area (TPSA) is 88.5 Å². The van der Waals surface area contributed by atoms with Crippen LogP contribution < -0.4 is 5.32 Å². The number of fused-ring (bicyclic) bond motifs is 1. The lowest BCUT2D eigenvalue weighted by molar-refractivity contribution is -0.140. The number of hydrogen-bond acceptors (Lipinski definition) is 5. The Morgan fingerprint density at radius 2 is 1.85 bits per heavy atom. The zero-order chi connectivity index (χ0) is 23.9. The molecule has 174 valence electrons. The molecule has 5 rings (SSSR count). The molecule has 0 bridgehead atoms. The molecule has 1 aliphatic heterocycles. The first-order valence-electron chi connectivity index (χ1n) is 11.1. The third-order valence-corrected chi connectivity index (χ3v) is 7.28. The SMILES string of the molecule is O=C(O)[C@H](Cc1ccc2nc(-c3c(Cl)cccc3Cl)ccc2c1)NC1=CC(=O)C12CCOCC2. The first-order chi connectivity index (χ1) is 16.4. The van der Waals surface area contributed by atoms with Crippen molar-refractivity contribution in [3.8, 4) is 11.3 Å². The van der Waals surface area contributed by atoms with Gasteiger partial charge in [0.25, 0.3) is 0 Å². The molecule has 2 aromatic carbocycles. The molecule has 1 saturated heterocycles. The predicted octanol–water partition coefficient (Wildman–Crippen LogP) is 5.06. The Hall–Kier alpha value is -2.93. The second-order valence-corrected chi connectivity index (χ2v) is 9.49. The number of benzene rings is 2. The summed E-state index contributed by atoms with van der Waals surface area (Å²) in [4.78, 5) is 29.0. The number of rotatable bonds is 6. The number of carbonyl (C=O) groups is 2. The van der Waals surface area contributed by atoms with Gasteiger partial charge in [-0.05, 0) is 48.7 Å². The number of carbonyl (C=O) groups excluding carboxylic acids is 1. The molecule has 1 spiro atoms. The Kier molecular flexibility index (Phi) is 6.06. The number of pyridine rings is 1. The Balaban J connectivity index is 1.37. The fraction of sp³-hybridized carbons (Fsp3) is 0.269. The molecule has 3 aromatic rings. The number of ketones is 1. The normalized spacial score (nSPS) is 17.8. The lowest BCUT2D eigenvalue weighted by atomic mass is 9.66. The van der Waals surface area contributed by atoms with Crippen LogP contribution in [0.2, 0.25) is 10.0 Å². The smallest absolute Gasteiger partial charge is 0.326 e. The summed E-state index contributed by atoms with van der Waals surface area (Å²) in [5.74, 6) is -0.918. The summed E-state index contributed by atoms with van der Waals surface area (Å²) in [6, 6.07) is 13.9. The van der Waals surface area contributed by atoms with E-state index in [1.165, 1.54) is 6.08 Å².